The fourth-order valence-corrected chi connectivity index (χ4v) is 2.44. The number of amides is 1. The van der Waals surface area contributed by atoms with Crippen LogP contribution in [-0.4, -0.2) is 34.3 Å². The Bertz CT molecular complexity index is 1040. The summed E-state index contributed by atoms with van der Waals surface area (Å²) in [6.45, 7) is -0.523. The highest BCUT2D eigenvalue weighted by atomic mass is 127. The molecule has 2 N–H and O–H groups in total. The number of esters is 1. The second-order valence-corrected chi connectivity index (χ2v) is 7.40. The van der Waals surface area contributed by atoms with Gasteiger partial charge in [-0.25, -0.2) is 9.18 Å². The van der Waals surface area contributed by atoms with Crippen LogP contribution in [0, 0.1) is 28.5 Å². The van der Waals surface area contributed by atoms with E-state index >= 15 is 0 Å². The Balaban J connectivity index is 2.11. The summed E-state index contributed by atoms with van der Waals surface area (Å²) in [5.41, 5.74) is -0.00386. The lowest BCUT2D eigenvalue weighted by atomic mass is 10.1. The quantitative estimate of drug-likeness (QED) is 0.348. The van der Waals surface area contributed by atoms with Crippen molar-refractivity contribution in [1.82, 2.24) is 0 Å². The van der Waals surface area contributed by atoms with Crippen molar-refractivity contribution < 1.29 is 28.6 Å². The van der Waals surface area contributed by atoms with Gasteiger partial charge in [-0.3, -0.25) is 4.79 Å². The molecule has 0 heterocycles. The summed E-state index contributed by atoms with van der Waals surface area (Å²) in [4.78, 5) is 24.1. The normalized spacial score (nSPS) is 12.1. The summed E-state index contributed by atoms with van der Waals surface area (Å²) in [6, 6.07) is 11.0. The number of rotatable bonds is 6. The fourth-order valence-electron chi connectivity index (χ4n) is 2.15. The molecule has 0 spiro atoms. The molecular weight excluding hydrogens is 496 g/mol. The highest BCUT2D eigenvalue weighted by Gasteiger charge is 2.34. The topological polar surface area (TPSA) is 132 Å². The molecule has 0 aliphatic rings. The maximum atomic E-state index is 13.6. The lowest BCUT2D eigenvalue weighted by Crippen LogP contribution is -2.42. The number of aliphatic hydroxyl groups is 1. The highest BCUT2D eigenvalue weighted by Crippen LogP contribution is 2.23. The maximum absolute atomic E-state index is 13.6. The van der Waals surface area contributed by atoms with Gasteiger partial charge < -0.3 is 19.9 Å². The zero-order valence-corrected chi connectivity index (χ0v) is 17.1. The number of benzene rings is 2. The molecule has 0 unspecified atom stereocenters. The molecule has 0 aliphatic carbocycles. The molecule has 2 aromatic carbocycles. The molecule has 0 bridgehead atoms. The number of methoxy groups -OCH3 is 1. The molecule has 8 nitrogen and oxygen atoms in total. The van der Waals surface area contributed by atoms with E-state index in [0.29, 0.717) is 0 Å². The third kappa shape index (κ3) is 5.40. The van der Waals surface area contributed by atoms with Crippen LogP contribution in [0.2, 0.25) is 0 Å². The van der Waals surface area contributed by atoms with E-state index in [1.54, 1.807) is 6.07 Å². The molecule has 0 aromatic heterocycles. The third-order valence-electron chi connectivity index (χ3n) is 3.64. The Morgan fingerprint density at radius 2 is 1.86 bits per heavy atom. The Labute approximate surface area is 178 Å². The summed E-state index contributed by atoms with van der Waals surface area (Å²) in [6.07, 6.45) is 0. The number of halogens is 2. The van der Waals surface area contributed by atoms with E-state index in [4.69, 9.17) is 15.3 Å². The monoisotopic (exact) mass is 509 g/mol. The smallest absolute Gasteiger partial charge is 0.339 e. The number of alkyl halides is 1. The van der Waals surface area contributed by atoms with Crippen LogP contribution in [0.5, 0.6) is 5.75 Å². The number of nitrogens with one attached hydrogen (secondary N) is 1. The molecule has 0 radical (unpaired) electrons. The van der Waals surface area contributed by atoms with Gasteiger partial charge in [0.2, 0.25) is 3.61 Å². The van der Waals surface area contributed by atoms with Gasteiger partial charge in [0.05, 0.1) is 23.8 Å². The Morgan fingerprint density at radius 3 is 2.45 bits per heavy atom. The first kappa shape index (κ1) is 22.1. The van der Waals surface area contributed by atoms with Gasteiger partial charge in [0, 0.05) is 11.8 Å². The van der Waals surface area contributed by atoms with Crippen LogP contribution in [0.25, 0.3) is 0 Å². The van der Waals surface area contributed by atoms with Crippen LogP contribution in [0.3, 0.4) is 0 Å². The zero-order valence-electron chi connectivity index (χ0n) is 14.9. The van der Waals surface area contributed by atoms with Crippen LogP contribution in [0.1, 0.15) is 21.5 Å². The van der Waals surface area contributed by atoms with Crippen molar-refractivity contribution >= 4 is 40.2 Å². The molecule has 0 saturated heterocycles. The van der Waals surface area contributed by atoms with Gasteiger partial charge in [0.25, 0.3) is 5.91 Å². The molecular formula is C19H13FIN3O5. The Hall–Kier alpha value is -3.22. The molecule has 0 saturated carbocycles. The van der Waals surface area contributed by atoms with Gasteiger partial charge in [0.15, 0.2) is 0 Å². The van der Waals surface area contributed by atoms with Gasteiger partial charge >= 0.3 is 5.97 Å². The van der Waals surface area contributed by atoms with E-state index < -0.39 is 27.9 Å². The van der Waals surface area contributed by atoms with Crippen molar-refractivity contribution in [2.24, 2.45) is 0 Å². The van der Waals surface area contributed by atoms with E-state index in [0.717, 1.165) is 13.2 Å². The van der Waals surface area contributed by atoms with Crippen LogP contribution in [0.15, 0.2) is 36.4 Å². The number of anilines is 1. The Kier molecular flexibility index (Phi) is 7.09. The molecule has 10 heteroatoms. The molecule has 2 aromatic rings. The summed E-state index contributed by atoms with van der Waals surface area (Å²) in [5, 5.41) is 30.5. The van der Waals surface area contributed by atoms with Gasteiger partial charge in [-0.15, -0.1) is 0 Å². The van der Waals surface area contributed by atoms with Crippen molar-refractivity contribution in [3.8, 4) is 17.9 Å². The predicted molar refractivity (Wildman–Crippen MR) is 107 cm³/mol. The minimum atomic E-state index is -2.04. The van der Waals surface area contributed by atoms with Crippen molar-refractivity contribution in [3.05, 3.63) is 58.9 Å². The number of hydrogen-bond acceptors (Lipinski definition) is 7. The largest absolute Gasteiger partial charge is 0.489 e. The summed E-state index contributed by atoms with van der Waals surface area (Å²) in [7, 11) is 1.15. The van der Waals surface area contributed by atoms with Gasteiger partial charge in [-0.2, -0.15) is 10.5 Å². The lowest BCUT2D eigenvalue weighted by Gasteiger charge is -2.21. The molecule has 29 heavy (non-hydrogen) atoms. The molecule has 1 atom stereocenters. The minimum Gasteiger partial charge on any atom is -0.489 e. The van der Waals surface area contributed by atoms with Crippen LogP contribution < -0.4 is 10.1 Å². The summed E-state index contributed by atoms with van der Waals surface area (Å²) >= 11 is 1.45. The van der Waals surface area contributed by atoms with Crippen molar-refractivity contribution in [2.75, 3.05) is 19.0 Å². The van der Waals surface area contributed by atoms with Crippen LogP contribution in [0.4, 0.5) is 10.1 Å². The van der Waals surface area contributed by atoms with Crippen molar-refractivity contribution in [1.29, 1.82) is 10.5 Å². The number of nitrogens with zero attached hydrogens (tertiary/aromatic N) is 2. The summed E-state index contributed by atoms with van der Waals surface area (Å²) in [5.74, 6) is -2.39. The predicted octanol–water partition coefficient (Wildman–Crippen LogP) is 2.50. The van der Waals surface area contributed by atoms with E-state index in [1.807, 2.05) is 6.07 Å². The standard InChI is InChI=1S/C19H13FIN3O5/c1-28-17(25)15-6-13(4-2-11(15)8-22)24-18(26)19(21,27)10-29-14-5-3-12(9-23)16(20)7-14/h2-7,27H,10H2,1H3,(H,24,26)/t19-/m0/s1. The van der Waals surface area contributed by atoms with Gasteiger partial charge in [0.1, 0.15) is 30.3 Å². The number of hydrogen-bond donors (Lipinski definition) is 2. The first-order chi connectivity index (χ1) is 13.7. The van der Waals surface area contributed by atoms with Crippen molar-refractivity contribution in [2.45, 2.75) is 3.61 Å². The number of ether oxygens (including phenoxy) is 2. The van der Waals surface area contributed by atoms with E-state index in [1.165, 1.54) is 52.9 Å². The van der Waals surface area contributed by atoms with E-state index in [9.17, 15) is 19.1 Å². The molecule has 1 amide bonds. The molecule has 148 valence electrons. The van der Waals surface area contributed by atoms with Crippen molar-refractivity contribution in [3.63, 3.8) is 0 Å². The van der Waals surface area contributed by atoms with Crippen LogP contribution in [-0.2, 0) is 9.53 Å². The number of carbonyl (C=O) groups excluding carboxylic acids is 2. The Morgan fingerprint density at radius 1 is 1.21 bits per heavy atom. The van der Waals surface area contributed by atoms with Crippen LogP contribution >= 0.6 is 22.6 Å². The zero-order chi connectivity index (χ0) is 21.6. The second-order valence-electron chi connectivity index (χ2n) is 5.62. The first-order valence-electron chi connectivity index (χ1n) is 7.89. The summed E-state index contributed by atoms with van der Waals surface area (Å²) < 4.78 is 21.4. The lowest BCUT2D eigenvalue weighted by molar-refractivity contribution is -0.126. The third-order valence-corrected chi connectivity index (χ3v) is 4.44. The average Bonchev–Trinajstić information content (AvgIpc) is 2.71. The highest BCUT2D eigenvalue weighted by molar-refractivity contribution is 14.1. The number of nitriles is 2. The van der Waals surface area contributed by atoms with E-state index in [2.05, 4.69) is 10.1 Å². The fraction of sp³-hybridized carbons (Fsp3) is 0.158. The molecule has 0 aliphatic heterocycles. The average molecular weight is 509 g/mol. The first-order valence-corrected chi connectivity index (χ1v) is 8.97. The molecule has 2 rings (SSSR count). The van der Waals surface area contributed by atoms with Gasteiger partial charge in [-0.05, 0) is 52.9 Å². The maximum Gasteiger partial charge on any atom is 0.339 e. The molecule has 0 fully saturated rings. The number of carbonyl (C=O) groups is 2. The van der Waals surface area contributed by atoms with Gasteiger partial charge in [-0.1, -0.05) is 0 Å². The van der Waals surface area contributed by atoms with E-state index in [-0.39, 0.29) is 28.1 Å². The minimum absolute atomic E-state index is 0.0238. The second kappa shape index (κ2) is 9.32. The SMILES string of the molecule is COC(=O)c1cc(NC(=O)[C@](O)(I)COc2ccc(C#N)c(F)c2)ccc1C#N.